The maximum absolute atomic E-state index is 12.0. The standard InChI is InChI=1S/C12H18N2O3S/c1-8(7-18(3,16)17)14-12(15)10-5-4-6-11(13)9(10)2/h4-6,8H,7,13H2,1-3H3,(H,14,15). The van der Waals surface area contributed by atoms with Gasteiger partial charge in [0, 0.05) is 23.5 Å². The molecule has 0 saturated heterocycles. The first kappa shape index (κ1) is 14.5. The Morgan fingerprint density at radius 3 is 2.61 bits per heavy atom. The number of nitrogens with one attached hydrogen (secondary N) is 1. The second-order valence-corrected chi connectivity index (χ2v) is 6.67. The van der Waals surface area contributed by atoms with Crippen molar-refractivity contribution >= 4 is 21.4 Å². The largest absolute Gasteiger partial charge is 0.398 e. The molecule has 0 heterocycles. The van der Waals surface area contributed by atoms with Gasteiger partial charge in [0.25, 0.3) is 5.91 Å². The normalized spacial score (nSPS) is 13.1. The van der Waals surface area contributed by atoms with Crippen molar-refractivity contribution in [1.82, 2.24) is 5.32 Å². The highest BCUT2D eigenvalue weighted by atomic mass is 32.2. The van der Waals surface area contributed by atoms with E-state index in [0.717, 1.165) is 6.26 Å². The quantitative estimate of drug-likeness (QED) is 0.790. The van der Waals surface area contributed by atoms with E-state index in [9.17, 15) is 13.2 Å². The summed E-state index contributed by atoms with van der Waals surface area (Å²) in [6.45, 7) is 3.41. The van der Waals surface area contributed by atoms with Gasteiger partial charge in [0.2, 0.25) is 0 Å². The number of rotatable bonds is 4. The molecule has 1 rings (SSSR count). The lowest BCUT2D eigenvalue weighted by molar-refractivity contribution is 0.0943. The summed E-state index contributed by atoms with van der Waals surface area (Å²) < 4.78 is 22.2. The van der Waals surface area contributed by atoms with Gasteiger partial charge < -0.3 is 11.1 Å². The van der Waals surface area contributed by atoms with E-state index in [4.69, 9.17) is 5.73 Å². The van der Waals surface area contributed by atoms with Gasteiger partial charge in [-0.2, -0.15) is 0 Å². The maximum Gasteiger partial charge on any atom is 0.251 e. The monoisotopic (exact) mass is 270 g/mol. The van der Waals surface area contributed by atoms with Gasteiger partial charge in [0.15, 0.2) is 0 Å². The molecule has 0 aliphatic rings. The zero-order chi connectivity index (χ0) is 13.9. The molecule has 1 amide bonds. The molecule has 1 atom stereocenters. The minimum absolute atomic E-state index is 0.0832. The fourth-order valence-corrected chi connectivity index (χ4v) is 2.69. The van der Waals surface area contributed by atoms with Crippen molar-refractivity contribution in [2.24, 2.45) is 0 Å². The molecule has 0 bridgehead atoms. The third kappa shape index (κ3) is 4.03. The van der Waals surface area contributed by atoms with Crippen molar-refractivity contribution in [1.29, 1.82) is 0 Å². The van der Waals surface area contributed by atoms with Crippen LogP contribution in [-0.2, 0) is 9.84 Å². The molecule has 1 unspecified atom stereocenters. The second-order valence-electron chi connectivity index (χ2n) is 4.49. The zero-order valence-corrected chi connectivity index (χ0v) is 11.5. The third-order valence-electron chi connectivity index (χ3n) is 2.55. The number of nitrogens with two attached hydrogens (primary N) is 1. The van der Waals surface area contributed by atoms with Gasteiger partial charge in [-0.3, -0.25) is 4.79 Å². The van der Waals surface area contributed by atoms with Crippen LogP contribution >= 0.6 is 0 Å². The van der Waals surface area contributed by atoms with Gasteiger partial charge >= 0.3 is 0 Å². The average Bonchev–Trinajstić information content (AvgIpc) is 2.18. The van der Waals surface area contributed by atoms with Crippen LogP contribution < -0.4 is 11.1 Å². The molecule has 0 aliphatic heterocycles. The minimum Gasteiger partial charge on any atom is -0.398 e. The first-order chi connectivity index (χ1) is 8.20. The van der Waals surface area contributed by atoms with Crippen LogP contribution in [0.3, 0.4) is 0 Å². The van der Waals surface area contributed by atoms with Crippen LogP contribution in [0, 0.1) is 6.92 Å². The van der Waals surface area contributed by atoms with Crippen LogP contribution in [0.4, 0.5) is 5.69 Å². The molecule has 0 aromatic heterocycles. The number of sulfone groups is 1. The van der Waals surface area contributed by atoms with Crippen molar-refractivity contribution in [3.63, 3.8) is 0 Å². The van der Waals surface area contributed by atoms with Gasteiger partial charge in [0.05, 0.1) is 5.75 Å². The SMILES string of the molecule is Cc1c(N)cccc1C(=O)NC(C)CS(C)(=O)=O. The van der Waals surface area contributed by atoms with Crippen molar-refractivity contribution in [3.05, 3.63) is 29.3 Å². The van der Waals surface area contributed by atoms with Crippen LogP contribution in [0.1, 0.15) is 22.8 Å². The molecular weight excluding hydrogens is 252 g/mol. The molecule has 0 spiro atoms. The smallest absolute Gasteiger partial charge is 0.251 e. The first-order valence-electron chi connectivity index (χ1n) is 5.54. The molecule has 3 N–H and O–H groups in total. The topological polar surface area (TPSA) is 89.3 Å². The van der Waals surface area contributed by atoms with Crippen LogP contribution in [0.15, 0.2) is 18.2 Å². The Morgan fingerprint density at radius 1 is 1.44 bits per heavy atom. The van der Waals surface area contributed by atoms with Crippen LogP contribution in [0.2, 0.25) is 0 Å². The van der Waals surface area contributed by atoms with Gasteiger partial charge in [-0.05, 0) is 31.5 Å². The van der Waals surface area contributed by atoms with E-state index in [0.29, 0.717) is 16.8 Å². The predicted octanol–water partition coefficient (Wildman–Crippen LogP) is 0.740. The lowest BCUT2D eigenvalue weighted by atomic mass is 10.1. The summed E-state index contributed by atoms with van der Waals surface area (Å²) >= 11 is 0. The fourth-order valence-electron chi connectivity index (χ4n) is 1.70. The molecule has 100 valence electrons. The van der Waals surface area contributed by atoms with Crippen LogP contribution in [0.25, 0.3) is 0 Å². The van der Waals surface area contributed by atoms with Crippen LogP contribution in [-0.4, -0.2) is 32.4 Å². The van der Waals surface area contributed by atoms with E-state index in [1.165, 1.54) is 0 Å². The van der Waals surface area contributed by atoms with E-state index in [-0.39, 0.29) is 11.7 Å². The second kappa shape index (κ2) is 5.39. The highest BCUT2D eigenvalue weighted by Crippen LogP contribution is 2.15. The summed E-state index contributed by atoms with van der Waals surface area (Å²) in [5.74, 6) is -0.393. The molecule has 0 radical (unpaired) electrons. The maximum atomic E-state index is 12.0. The Kier molecular flexibility index (Phi) is 4.34. The summed E-state index contributed by atoms with van der Waals surface area (Å²) in [7, 11) is -3.11. The Balaban J connectivity index is 2.80. The Hall–Kier alpha value is -1.56. The molecule has 1 aromatic rings. The summed E-state index contributed by atoms with van der Waals surface area (Å²) in [4.78, 5) is 12.0. The Labute approximate surface area is 107 Å². The van der Waals surface area contributed by atoms with Crippen molar-refractivity contribution in [3.8, 4) is 0 Å². The first-order valence-corrected chi connectivity index (χ1v) is 7.60. The van der Waals surface area contributed by atoms with Gasteiger partial charge in [0.1, 0.15) is 9.84 Å². The van der Waals surface area contributed by atoms with Crippen molar-refractivity contribution < 1.29 is 13.2 Å². The number of amides is 1. The highest BCUT2D eigenvalue weighted by molar-refractivity contribution is 7.90. The van der Waals surface area contributed by atoms with Crippen molar-refractivity contribution in [2.45, 2.75) is 19.9 Å². The number of hydrogen-bond donors (Lipinski definition) is 2. The molecule has 18 heavy (non-hydrogen) atoms. The summed E-state index contributed by atoms with van der Waals surface area (Å²) in [6, 6.07) is 4.63. The summed E-state index contributed by atoms with van der Waals surface area (Å²) in [6.07, 6.45) is 1.14. The summed E-state index contributed by atoms with van der Waals surface area (Å²) in [5.41, 5.74) is 7.42. The number of carbonyl (C=O) groups is 1. The number of anilines is 1. The predicted molar refractivity (Wildman–Crippen MR) is 72.2 cm³/mol. The number of hydrogen-bond acceptors (Lipinski definition) is 4. The summed E-state index contributed by atoms with van der Waals surface area (Å²) in [5, 5.41) is 2.65. The molecule has 0 aliphatic carbocycles. The number of carbonyl (C=O) groups excluding carboxylic acids is 1. The van der Waals surface area contributed by atoms with E-state index in [2.05, 4.69) is 5.32 Å². The molecule has 6 heteroatoms. The Morgan fingerprint density at radius 2 is 2.06 bits per heavy atom. The van der Waals surface area contributed by atoms with E-state index in [1.54, 1.807) is 32.0 Å². The van der Waals surface area contributed by atoms with Gasteiger partial charge in [-0.1, -0.05) is 6.07 Å². The van der Waals surface area contributed by atoms with Gasteiger partial charge in [-0.25, -0.2) is 8.42 Å². The Bertz CT molecular complexity index is 552. The molecule has 5 nitrogen and oxygen atoms in total. The van der Waals surface area contributed by atoms with Crippen molar-refractivity contribution in [2.75, 3.05) is 17.7 Å². The third-order valence-corrected chi connectivity index (χ3v) is 3.66. The fraction of sp³-hybridized carbons (Fsp3) is 0.417. The zero-order valence-electron chi connectivity index (χ0n) is 10.7. The highest BCUT2D eigenvalue weighted by Gasteiger charge is 2.16. The molecule has 1 aromatic carbocycles. The average molecular weight is 270 g/mol. The molecule has 0 fully saturated rings. The lowest BCUT2D eigenvalue weighted by Crippen LogP contribution is -2.37. The molecule has 0 saturated carbocycles. The van der Waals surface area contributed by atoms with E-state index >= 15 is 0 Å². The van der Waals surface area contributed by atoms with Crippen LogP contribution in [0.5, 0.6) is 0 Å². The lowest BCUT2D eigenvalue weighted by Gasteiger charge is -2.14. The van der Waals surface area contributed by atoms with Gasteiger partial charge in [-0.15, -0.1) is 0 Å². The number of benzene rings is 1. The number of nitrogen functional groups attached to an aromatic ring is 1. The molecular formula is C12H18N2O3S. The minimum atomic E-state index is -3.11. The van der Waals surface area contributed by atoms with E-state index in [1.807, 2.05) is 0 Å². The van der Waals surface area contributed by atoms with E-state index < -0.39 is 15.9 Å².